The van der Waals surface area contributed by atoms with Crippen molar-refractivity contribution in [3.8, 4) is 0 Å². The van der Waals surface area contributed by atoms with E-state index in [1.54, 1.807) is 29.4 Å². The number of ether oxygens (including phenoxy) is 1. The maximum Gasteiger partial charge on any atom is 0.410 e. The Labute approximate surface area is 135 Å². The number of hydrogen-bond acceptors (Lipinski definition) is 5. The molecule has 0 unspecified atom stereocenters. The number of thioether (sulfide) groups is 1. The van der Waals surface area contributed by atoms with E-state index in [1.807, 2.05) is 20.8 Å². The maximum atomic E-state index is 12.1. The Hall–Kier alpha value is -1.56. The first kappa shape index (κ1) is 16.8. The summed E-state index contributed by atoms with van der Waals surface area (Å²) in [6, 6.07) is 3.45. The van der Waals surface area contributed by atoms with Gasteiger partial charge in [-0.05, 0) is 45.7 Å². The minimum Gasteiger partial charge on any atom is -0.444 e. The number of nitrogens with zero attached hydrogens (tertiary/aromatic N) is 2. The number of likely N-dealkylation sites (tertiary alicyclic amines) is 1. The fraction of sp³-hybridized carbons (Fsp3) is 0.562. The van der Waals surface area contributed by atoms with Crippen LogP contribution in [-0.2, 0) is 4.74 Å². The monoisotopic (exact) mass is 322 g/mol. The third kappa shape index (κ3) is 5.02. The molecule has 1 amide bonds. The van der Waals surface area contributed by atoms with Gasteiger partial charge in [-0.15, -0.1) is 0 Å². The molecule has 1 aliphatic heterocycles. The predicted molar refractivity (Wildman–Crippen MR) is 87.0 cm³/mol. The summed E-state index contributed by atoms with van der Waals surface area (Å²) in [5.41, 5.74) is 0.203. The quantitative estimate of drug-likeness (QED) is 0.835. The second-order valence-corrected chi connectivity index (χ2v) is 7.58. The average molecular weight is 322 g/mol. The van der Waals surface area contributed by atoms with Gasteiger partial charge in [0.1, 0.15) is 5.60 Å². The highest BCUT2D eigenvalue weighted by molar-refractivity contribution is 8.14. The topological polar surface area (TPSA) is 59.5 Å². The first-order chi connectivity index (χ1) is 10.3. The number of hydrogen-bond donors (Lipinski definition) is 0. The van der Waals surface area contributed by atoms with E-state index in [0.717, 1.165) is 12.8 Å². The van der Waals surface area contributed by atoms with Gasteiger partial charge in [-0.1, -0.05) is 11.8 Å². The van der Waals surface area contributed by atoms with Gasteiger partial charge < -0.3 is 9.64 Å². The molecule has 1 aromatic rings. The van der Waals surface area contributed by atoms with Crippen molar-refractivity contribution in [2.24, 2.45) is 0 Å². The van der Waals surface area contributed by atoms with E-state index in [-0.39, 0.29) is 16.5 Å². The highest BCUT2D eigenvalue weighted by Gasteiger charge is 2.28. The van der Waals surface area contributed by atoms with Gasteiger partial charge in [0.05, 0.1) is 0 Å². The summed E-state index contributed by atoms with van der Waals surface area (Å²) >= 11 is 1.36. The predicted octanol–water partition coefficient (Wildman–Crippen LogP) is 3.35. The smallest absolute Gasteiger partial charge is 0.410 e. The van der Waals surface area contributed by atoms with E-state index in [0.29, 0.717) is 18.7 Å². The number of carbonyl (C=O) groups is 2. The normalized spacial score (nSPS) is 16.4. The van der Waals surface area contributed by atoms with Crippen LogP contribution in [0.25, 0.3) is 0 Å². The number of carbonyl (C=O) groups excluding carboxylic acids is 2. The lowest BCUT2D eigenvalue weighted by Gasteiger charge is -2.32. The van der Waals surface area contributed by atoms with Gasteiger partial charge in [-0.3, -0.25) is 9.78 Å². The summed E-state index contributed by atoms with van der Waals surface area (Å²) < 4.78 is 5.37. The third-order valence-corrected chi connectivity index (χ3v) is 4.54. The molecule has 0 aromatic carbocycles. The Balaban J connectivity index is 1.80. The summed E-state index contributed by atoms with van der Waals surface area (Å²) in [6.45, 7) is 6.86. The lowest BCUT2D eigenvalue weighted by Crippen LogP contribution is -2.42. The number of rotatable bonds is 2. The Morgan fingerprint density at radius 2 is 1.82 bits per heavy atom. The fourth-order valence-corrected chi connectivity index (χ4v) is 3.21. The molecule has 0 spiro atoms. The average Bonchev–Trinajstić information content (AvgIpc) is 2.47. The highest BCUT2D eigenvalue weighted by atomic mass is 32.2. The first-order valence-electron chi connectivity index (χ1n) is 7.44. The number of amides is 1. The summed E-state index contributed by atoms with van der Waals surface area (Å²) in [7, 11) is 0. The molecular formula is C16H22N2O3S. The molecule has 0 radical (unpaired) electrons. The largest absolute Gasteiger partial charge is 0.444 e. The van der Waals surface area contributed by atoms with Crippen molar-refractivity contribution in [2.45, 2.75) is 44.5 Å². The van der Waals surface area contributed by atoms with Crippen LogP contribution in [0, 0.1) is 0 Å². The van der Waals surface area contributed by atoms with Crippen molar-refractivity contribution in [1.29, 1.82) is 0 Å². The second kappa shape index (κ2) is 7.13. The van der Waals surface area contributed by atoms with Gasteiger partial charge in [-0.25, -0.2) is 4.79 Å². The van der Waals surface area contributed by atoms with E-state index in [2.05, 4.69) is 4.98 Å². The second-order valence-electron chi connectivity index (χ2n) is 6.31. The van der Waals surface area contributed by atoms with E-state index < -0.39 is 5.60 Å². The molecule has 22 heavy (non-hydrogen) atoms. The summed E-state index contributed by atoms with van der Waals surface area (Å²) in [5.74, 6) is 0. The van der Waals surface area contributed by atoms with Crippen molar-refractivity contribution < 1.29 is 14.3 Å². The van der Waals surface area contributed by atoms with E-state index in [1.165, 1.54) is 11.8 Å². The molecule has 0 bridgehead atoms. The minimum absolute atomic E-state index is 0.0677. The number of piperidine rings is 1. The van der Waals surface area contributed by atoms with Gasteiger partial charge >= 0.3 is 6.09 Å². The molecule has 1 saturated heterocycles. The highest BCUT2D eigenvalue weighted by Crippen LogP contribution is 2.27. The molecule has 120 valence electrons. The van der Waals surface area contributed by atoms with Crippen molar-refractivity contribution in [2.75, 3.05) is 13.1 Å². The Kier molecular flexibility index (Phi) is 5.45. The standard InChI is InChI=1S/C16H22N2O3S/c1-16(2,3)21-15(20)18-10-6-13(7-11-18)22-14(19)12-4-8-17-9-5-12/h4-5,8-9,13H,6-7,10-11H2,1-3H3. The van der Waals surface area contributed by atoms with Crippen LogP contribution in [0.15, 0.2) is 24.5 Å². The number of pyridine rings is 1. The van der Waals surface area contributed by atoms with Gasteiger partial charge in [0.25, 0.3) is 0 Å². The zero-order valence-corrected chi connectivity index (χ0v) is 14.1. The van der Waals surface area contributed by atoms with Gasteiger partial charge in [0, 0.05) is 36.3 Å². The Morgan fingerprint density at radius 3 is 2.36 bits per heavy atom. The van der Waals surface area contributed by atoms with Crippen molar-refractivity contribution in [3.63, 3.8) is 0 Å². The van der Waals surface area contributed by atoms with Gasteiger partial charge in [0.2, 0.25) is 5.12 Å². The van der Waals surface area contributed by atoms with Crippen molar-refractivity contribution in [1.82, 2.24) is 9.88 Å². The van der Waals surface area contributed by atoms with Crippen molar-refractivity contribution >= 4 is 23.0 Å². The van der Waals surface area contributed by atoms with Crippen LogP contribution in [0.2, 0.25) is 0 Å². The van der Waals surface area contributed by atoms with Crippen LogP contribution in [0.3, 0.4) is 0 Å². The third-order valence-electron chi connectivity index (χ3n) is 3.28. The molecule has 6 heteroatoms. The van der Waals surface area contributed by atoms with Gasteiger partial charge in [-0.2, -0.15) is 0 Å². The van der Waals surface area contributed by atoms with E-state index in [9.17, 15) is 9.59 Å². The molecule has 5 nitrogen and oxygen atoms in total. The Bertz CT molecular complexity index is 520. The SMILES string of the molecule is CC(C)(C)OC(=O)N1CCC(SC(=O)c2ccncc2)CC1. The van der Waals surface area contributed by atoms with Crippen LogP contribution in [-0.4, -0.2) is 45.0 Å². The van der Waals surface area contributed by atoms with Crippen LogP contribution in [0.1, 0.15) is 44.0 Å². The lowest BCUT2D eigenvalue weighted by atomic mass is 10.1. The first-order valence-corrected chi connectivity index (χ1v) is 8.32. The zero-order valence-electron chi connectivity index (χ0n) is 13.2. The molecule has 1 aromatic heterocycles. The molecule has 2 rings (SSSR count). The van der Waals surface area contributed by atoms with Gasteiger partial charge in [0.15, 0.2) is 0 Å². The lowest BCUT2D eigenvalue weighted by molar-refractivity contribution is 0.0219. The van der Waals surface area contributed by atoms with Crippen molar-refractivity contribution in [3.05, 3.63) is 30.1 Å². The molecule has 0 atom stereocenters. The zero-order chi connectivity index (χ0) is 16.2. The van der Waals surface area contributed by atoms with E-state index in [4.69, 9.17) is 4.74 Å². The van der Waals surface area contributed by atoms with Crippen LogP contribution in [0.4, 0.5) is 4.79 Å². The summed E-state index contributed by atoms with van der Waals surface area (Å²) in [5, 5.41) is 0.317. The Morgan fingerprint density at radius 1 is 1.23 bits per heavy atom. The molecule has 2 heterocycles. The minimum atomic E-state index is -0.472. The van der Waals surface area contributed by atoms with Crippen LogP contribution >= 0.6 is 11.8 Å². The van der Waals surface area contributed by atoms with Crippen LogP contribution < -0.4 is 0 Å². The molecule has 0 saturated carbocycles. The van der Waals surface area contributed by atoms with E-state index >= 15 is 0 Å². The fourth-order valence-electron chi connectivity index (χ4n) is 2.19. The molecule has 0 aliphatic carbocycles. The summed E-state index contributed by atoms with van der Waals surface area (Å²) in [6.07, 6.45) is 4.59. The molecule has 1 fully saturated rings. The molecule has 1 aliphatic rings. The molecular weight excluding hydrogens is 300 g/mol. The summed E-state index contributed by atoms with van der Waals surface area (Å²) in [4.78, 5) is 29.8. The maximum absolute atomic E-state index is 12.1. The molecule has 0 N–H and O–H groups in total. The number of aromatic nitrogens is 1. The van der Waals surface area contributed by atoms with Crippen LogP contribution in [0.5, 0.6) is 0 Å².